The van der Waals surface area contributed by atoms with Gasteiger partial charge in [0.15, 0.2) is 0 Å². The van der Waals surface area contributed by atoms with Gasteiger partial charge >= 0.3 is 0 Å². The van der Waals surface area contributed by atoms with Gasteiger partial charge in [-0.3, -0.25) is 0 Å². The minimum atomic E-state index is -1.99. The monoisotopic (exact) mass is 311 g/mol. The summed E-state index contributed by atoms with van der Waals surface area (Å²) in [6, 6.07) is 17.5. The predicted molar refractivity (Wildman–Crippen MR) is 98.2 cm³/mol. The van der Waals surface area contributed by atoms with Crippen LogP contribution in [-0.2, 0) is 5.16 Å². The lowest BCUT2D eigenvalue weighted by molar-refractivity contribution is 0.784. The summed E-state index contributed by atoms with van der Waals surface area (Å²) >= 11 is 0. The van der Waals surface area contributed by atoms with Crippen molar-refractivity contribution in [1.29, 1.82) is 5.16 Å². The van der Waals surface area contributed by atoms with E-state index in [1.54, 1.807) is 0 Å². The summed E-state index contributed by atoms with van der Waals surface area (Å²) in [5.41, 5.74) is 6.16. The standard InChI is InChI=1S/C20H26NP/c1-14(2)22(21,15(3)4)20(5)18-12-8-6-10-16(18)17-11-7-9-13-19(17)20/h6-15,21H,1-5H3. The molecule has 0 aliphatic heterocycles. The van der Waals surface area contributed by atoms with E-state index in [1.165, 1.54) is 22.3 Å². The van der Waals surface area contributed by atoms with Crippen LogP contribution in [0.3, 0.4) is 0 Å². The van der Waals surface area contributed by atoms with Gasteiger partial charge < -0.3 is 5.16 Å². The Balaban J connectivity index is 2.42. The molecule has 0 unspecified atom stereocenters. The normalized spacial score (nSPS) is 16.0. The lowest BCUT2D eigenvalue weighted by Crippen LogP contribution is -2.29. The molecule has 0 bridgehead atoms. The first-order valence-electron chi connectivity index (χ1n) is 8.18. The molecule has 2 heteroatoms. The van der Waals surface area contributed by atoms with Crippen molar-refractivity contribution >= 4 is 7.05 Å². The van der Waals surface area contributed by atoms with Crippen molar-refractivity contribution in [2.75, 3.05) is 0 Å². The van der Waals surface area contributed by atoms with Gasteiger partial charge in [0, 0.05) is 0 Å². The fraction of sp³-hybridized carbons (Fsp3) is 0.400. The maximum atomic E-state index is 9.60. The van der Waals surface area contributed by atoms with Gasteiger partial charge in [-0.15, -0.1) is 0 Å². The first-order valence-corrected chi connectivity index (χ1v) is 10.1. The Morgan fingerprint density at radius 1 is 0.773 bits per heavy atom. The zero-order valence-corrected chi connectivity index (χ0v) is 15.1. The summed E-state index contributed by atoms with van der Waals surface area (Å²) in [5.74, 6) is 0. The van der Waals surface area contributed by atoms with Crippen LogP contribution in [0.4, 0.5) is 0 Å². The molecule has 0 amide bonds. The summed E-state index contributed by atoms with van der Waals surface area (Å²) in [5, 5.41) is 9.43. The molecule has 22 heavy (non-hydrogen) atoms. The third-order valence-corrected chi connectivity index (χ3v) is 10.8. The van der Waals surface area contributed by atoms with Gasteiger partial charge in [-0.25, -0.2) is 0 Å². The number of rotatable bonds is 3. The molecule has 0 saturated heterocycles. The number of benzene rings is 2. The van der Waals surface area contributed by atoms with Gasteiger partial charge in [-0.1, -0.05) is 76.2 Å². The van der Waals surface area contributed by atoms with Crippen molar-refractivity contribution in [2.24, 2.45) is 0 Å². The van der Waals surface area contributed by atoms with E-state index < -0.39 is 7.05 Å². The van der Waals surface area contributed by atoms with Crippen LogP contribution >= 0.6 is 7.05 Å². The Kier molecular flexibility index (Phi) is 3.61. The van der Waals surface area contributed by atoms with Gasteiger partial charge in [0.1, 0.15) is 0 Å². The zero-order valence-electron chi connectivity index (χ0n) is 14.2. The van der Waals surface area contributed by atoms with Gasteiger partial charge in [-0.2, -0.15) is 0 Å². The van der Waals surface area contributed by atoms with E-state index in [2.05, 4.69) is 83.1 Å². The molecule has 2 aromatic rings. The van der Waals surface area contributed by atoms with Crippen LogP contribution in [0.15, 0.2) is 48.5 Å². The summed E-state index contributed by atoms with van der Waals surface area (Å²) in [6.07, 6.45) is 0. The Morgan fingerprint density at radius 3 is 1.50 bits per heavy atom. The van der Waals surface area contributed by atoms with E-state index >= 15 is 0 Å². The van der Waals surface area contributed by atoms with E-state index in [-0.39, 0.29) is 5.16 Å². The zero-order chi connectivity index (χ0) is 16.1. The molecule has 0 fully saturated rings. The van der Waals surface area contributed by atoms with E-state index in [0.29, 0.717) is 11.3 Å². The summed E-state index contributed by atoms with van der Waals surface area (Å²) in [4.78, 5) is 0. The highest BCUT2D eigenvalue weighted by Crippen LogP contribution is 2.75. The lowest BCUT2D eigenvalue weighted by atomic mass is 9.98. The van der Waals surface area contributed by atoms with Gasteiger partial charge in [-0.05, 0) is 47.5 Å². The molecule has 0 radical (unpaired) electrons. The van der Waals surface area contributed by atoms with Crippen molar-refractivity contribution in [3.05, 3.63) is 59.7 Å². The predicted octanol–water partition coefficient (Wildman–Crippen LogP) is 6.53. The second kappa shape index (κ2) is 5.10. The third-order valence-electron chi connectivity index (χ3n) is 5.56. The molecule has 1 N–H and O–H groups in total. The van der Waals surface area contributed by atoms with Crippen molar-refractivity contribution in [2.45, 2.75) is 51.1 Å². The second-order valence-electron chi connectivity index (χ2n) is 7.13. The number of nitrogens with one attached hydrogen (secondary N) is 1. The van der Waals surface area contributed by atoms with E-state index in [4.69, 9.17) is 0 Å². The van der Waals surface area contributed by atoms with E-state index in [0.717, 1.165) is 0 Å². The van der Waals surface area contributed by atoms with Crippen LogP contribution < -0.4 is 0 Å². The molecule has 1 aliphatic carbocycles. The molecule has 1 aliphatic rings. The van der Waals surface area contributed by atoms with Crippen LogP contribution in [0, 0.1) is 5.16 Å². The Morgan fingerprint density at radius 2 is 1.14 bits per heavy atom. The summed E-state index contributed by atoms with van der Waals surface area (Å²) < 4.78 is 0. The third kappa shape index (κ3) is 1.75. The van der Waals surface area contributed by atoms with Crippen LogP contribution in [0.25, 0.3) is 11.1 Å². The molecular formula is C20H26NP. The maximum absolute atomic E-state index is 9.60. The Labute approximate surface area is 134 Å². The van der Waals surface area contributed by atoms with Crippen molar-refractivity contribution < 1.29 is 0 Å². The number of hydrogen-bond donors (Lipinski definition) is 1. The first-order chi connectivity index (χ1) is 10.3. The molecule has 2 aromatic carbocycles. The van der Waals surface area contributed by atoms with Crippen molar-refractivity contribution in [1.82, 2.24) is 0 Å². The summed E-state index contributed by atoms with van der Waals surface area (Å²) in [6.45, 7) is 11.3. The highest BCUT2D eigenvalue weighted by molar-refractivity contribution is 7.67. The minimum Gasteiger partial charge on any atom is -0.317 e. The number of hydrogen-bond acceptors (Lipinski definition) is 1. The Hall–Kier alpha value is -1.33. The van der Waals surface area contributed by atoms with Gasteiger partial charge in [0.2, 0.25) is 0 Å². The van der Waals surface area contributed by atoms with Gasteiger partial charge in [0.25, 0.3) is 0 Å². The van der Waals surface area contributed by atoms with Crippen LogP contribution in [-0.4, -0.2) is 11.3 Å². The minimum absolute atomic E-state index is 0.164. The molecule has 1 nitrogen and oxygen atoms in total. The van der Waals surface area contributed by atoms with Crippen molar-refractivity contribution in [3.8, 4) is 11.1 Å². The first kappa shape index (κ1) is 15.6. The molecule has 0 aromatic heterocycles. The molecule has 0 spiro atoms. The highest BCUT2D eigenvalue weighted by atomic mass is 31.2. The van der Waals surface area contributed by atoms with Crippen LogP contribution in [0.1, 0.15) is 45.7 Å². The summed E-state index contributed by atoms with van der Waals surface area (Å²) in [7, 11) is -1.99. The highest BCUT2D eigenvalue weighted by Gasteiger charge is 2.51. The lowest BCUT2D eigenvalue weighted by Gasteiger charge is -2.45. The SMILES string of the molecule is CC(C)P(=N)(C(C)C)C1(C)c2ccccc2-c2ccccc21. The maximum Gasteiger partial charge on any atom is 0.0537 e. The smallest absolute Gasteiger partial charge is 0.0537 e. The van der Waals surface area contributed by atoms with Gasteiger partial charge in [0.05, 0.1) is 5.16 Å². The molecule has 0 atom stereocenters. The fourth-order valence-electron chi connectivity index (χ4n) is 4.46. The Bertz CT molecular complexity index is 700. The largest absolute Gasteiger partial charge is 0.317 e. The number of fused-ring (bicyclic) bond motifs is 3. The molecule has 116 valence electrons. The van der Waals surface area contributed by atoms with Crippen molar-refractivity contribution in [3.63, 3.8) is 0 Å². The average molecular weight is 311 g/mol. The second-order valence-corrected chi connectivity index (χ2v) is 11.6. The molecule has 3 rings (SSSR count). The molecule has 0 saturated carbocycles. The van der Waals surface area contributed by atoms with E-state index in [1.807, 2.05) is 0 Å². The fourth-order valence-corrected chi connectivity index (χ4v) is 8.90. The van der Waals surface area contributed by atoms with Crippen LogP contribution in [0.2, 0.25) is 0 Å². The molecule has 0 heterocycles. The van der Waals surface area contributed by atoms with Crippen LogP contribution in [0.5, 0.6) is 0 Å². The average Bonchev–Trinajstić information content (AvgIpc) is 2.78. The van der Waals surface area contributed by atoms with E-state index in [9.17, 15) is 5.16 Å². The topological polar surface area (TPSA) is 23.9 Å². The molecular weight excluding hydrogens is 285 g/mol. The quantitative estimate of drug-likeness (QED) is 0.623.